The number of carbonyl (C=O) groups is 6. The van der Waals surface area contributed by atoms with Crippen LogP contribution in [0.15, 0.2) is 36.9 Å². The van der Waals surface area contributed by atoms with E-state index < -0.39 is 71.8 Å². The Morgan fingerprint density at radius 2 is 1.22 bits per heavy atom. The minimum Gasteiger partial charge on any atom is -0.480 e. The summed E-state index contributed by atoms with van der Waals surface area (Å²) >= 11 is 6.15. The molecule has 0 radical (unpaired) electrons. The Labute approximate surface area is 305 Å². The molecule has 1 aromatic carbocycles. The third-order valence-corrected chi connectivity index (χ3v) is 8.13. The summed E-state index contributed by atoms with van der Waals surface area (Å²) in [4.78, 5) is 78.6. The standard InChI is InChI=1S/C35H57ClN8O7/c1-5-11-25(31(46)43-28(20-23-12-10-13-24(36)19-23)34(49)44-29(35(50)51)18-21(2)3)41-33(48)27(15-7-9-17-38)42-32(47)26(14-6-8-16-37)40-30(45)22(4)39/h5,10,12-13,19,21-22,25-29H,1,6-9,11,14-18,20,37-39H2,2-4H3,(H,40,45)(H,41,48)(H,42,47)(H,43,46)(H,44,49)(H,50,51)/t22-,25-,26-,27-,28-,29-/m0/s1. The minimum absolute atomic E-state index is 0.0304. The van der Waals surface area contributed by atoms with Crippen molar-refractivity contribution in [3.8, 4) is 0 Å². The Morgan fingerprint density at radius 3 is 1.69 bits per heavy atom. The molecule has 1 rings (SSSR count). The Balaban J connectivity index is 3.30. The first-order chi connectivity index (χ1) is 24.1. The van der Waals surface area contributed by atoms with Crippen LogP contribution in [0.25, 0.3) is 0 Å². The van der Waals surface area contributed by atoms with Crippen LogP contribution in [0.4, 0.5) is 0 Å². The molecule has 286 valence electrons. The lowest BCUT2D eigenvalue weighted by molar-refractivity contribution is -0.142. The first-order valence-electron chi connectivity index (χ1n) is 17.4. The summed E-state index contributed by atoms with van der Waals surface area (Å²) in [5, 5.41) is 23.3. The molecule has 1 aromatic rings. The van der Waals surface area contributed by atoms with Gasteiger partial charge in [-0.1, -0.05) is 43.7 Å². The molecule has 16 heteroatoms. The highest BCUT2D eigenvalue weighted by Crippen LogP contribution is 2.14. The predicted molar refractivity (Wildman–Crippen MR) is 196 cm³/mol. The highest BCUT2D eigenvalue weighted by molar-refractivity contribution is 6.30. The number of carboxylic acids is 1. The average Bonchev–Trinajstić information content (AvgIpc) is 3.06. The Hall–Kier alpha value is -4.05. The molecule has 0 aromatic heterocycles. The van der Waals surface area contributed by atoms with Gasteiger partial charge in [0.05, 0.1) is 6.04 Å². The zero-order valence-corrected chi connectivity index (χ0v) is 30.7. The van der Waals surface area contributed by atoms with Crippen molar-refractivity contribution in [3.63, 3.8) is 0 Å². The van der Waals surface area contributed by atoms with Crippen molar-refractivity contribution < 1.29 is 33.9 Å². The number of amides is 5. The van der Waals surface area contributed by atoms with Crippen molar-refractivity contribution in [2.75, 3.05) is 13.1 Å². The monoisotopic (exact) mass is 736 g/mol. The fraction of sp³-hybridized carbons (Fsp3) is 0.600. The quantitative estimate of drug-likeness (QED) is 0.0499. The molecule has 5 amide bonds. The Kier molecular flexibility index (Phi) is 21.3. The van der Waals surface area contributed by atoms with Crippen molar-refractivity contribution >= 4 is 47.1 Å². The molecule has 0 aliphatic heterocycles. The summed E-state index contributed by atoms with van der Waals surface area (Å²) in [6.45, 7) is 9.56. The van der Waals surface area contributed by atoms with Gasteiger partial charge >= 0.3 is 5.97 Å². The Bertz CT molecular complexity index is 1310. The first kappa shape index (κ1) is 45.0. The molecule has 51 heavy (non-hydrogen) atoms. The highest BCUT2D eigenvalue weighted by atomic mass is 35.5. The van der Waals surface area contributed by atoms with Gasteiger partial charge in [0.2, 0.25) is 29.5 Å². The molecule has 0 heterocycles. The minimum atomic E-state index is -1.24. The smallest absolute Gasteiger partial charge is 0.326 e. The molecule has 6 atom stereocenters. The number of halogens is 1. The summed E-state index contributed by atoms with van der Waals surface area (Å²) in [6, 6.07) is 0.0378. The number of carboxylic acid groups (broad SMARTS) is 1. The van der Waals surface area contributed by atoms with Gasteiger partial charge in [0.1, 0.15) is 30.2 Å². The first-order valence-corrected chi connectivity index (χ1v) is 17.8. The second-order valence-corrected chi connectivity index (χ2v) is 13.4. The zero-order valence-electron chi connectivity index (χ0n) is 29.9. The van der Waals surface area contributed by atoms with Gasteiger partial charge in [-0.05, 0) is 95.0 Å². The predicted octanol–water partition coefficient (Wildman–Crippen LogP) is 0.619. The molecule has 15 nitrogen and oxygen atoms in total. The lowest BCUT2D eigenvalue weighted by Gasteiger charge is -2.27. The number of hydrogen-bond acceptors (Lipinski definition) is 9. The number of unbranched alkanes of at least 4 members (excludes halogenated alkanes) is 2. The van der Waals surface area contributed by atoms with Crippen LogP contribution < -0.4 is 43.8 Å². The van der Waals surface area contributed by atoms with E-state index in [4.69, 9.17) is 28.8 Å². The van der Waals surface area contributed by atoms with Gasteiger partial charge in [0.15, 0.2) is 0 Å². The number of nitrogens with one attached hydrogen (secondary N) is 5. The average molecular weight is 737 g/mol. The largest absolute Gasteiger partial charge is 0.480 e. The van der Waals surface area contributed by atoms with Crippen molar-refractivity contribution in [2.45, 2.75) is 115 Å². The number of rotatable bonds is 25. The van der Waals surface area contributed by atoms with Crippen LogP contribution in [0.2, 0.25) is 5.02 Å². The van der Waals surface area contributed by atoms with Crippen molar-refractivity contribution in [2.24, 2.45) is 23.1 Å². The van der Waals surface area contributed by atoms with Crippen LogP contribution in [0.1, 0.15) is 77.7 Å². The Morgan fingerprint density at radius 1 is 0.745 bits per heavy atom. The maximum atomic E-state index is 13.7. The van der Waals surface area contributed by atoms with Crippen LogP contribution in [-0.2, 0) is 35.2 Å². The summed E-state index contributed by atoms with van der Waals surface area (Å²) in [5.41, 5.74) is 17.6. The number of nitrogens with two attached hydrogens (primary N) is 3. The second-order valence-electron chi connectivity index (χ2n) is 13.0. The van der Waals surface area contributed by atoms with E-state index in [1.165, 1.54) is 13.0 Å². The van der Waals surface area contributed by atoms with Gasteiger partial charge in [0.25, 0.3) is 0 Å². The maximum Gasteiger partial charge on any atom is 0.326 e. The fourth-order valence-electron chi connectivity index (χ4n) is 5.12. The van der Waals surface area contributed by atoms with Gasteiger partial charge in [-0.25, -0.2) is 4.79 Å². The van der Waals surface area contributed by atoms with E-state index in [9.17, 15) is 33.9 Å². The van der Waals surface area contributed by atoms with E-state index in [0.29, 0.717) is 49.4 Å². The van der Waals surface area contributed by atoms with E-state index in [0.717, 1.165) is 0 Å². The number of benzene rings is 1. The molecular formula is C35H57ClN8O7. The molecule has 0 aliphatic carbocycles. The number of carbonyl (C=O) groups excluding carboxylic acids is 5. The van der Waals surface area contributed by atoms with Crippen LogP contribution in [0, 0.1) is 5.92 Å². The third kappa shape index (κ3) is 17.6. The third-order valence-electron chi connectivity index (χ3n) is 7.89. The highest BCUT2D eigenvalue weighted by Gasteiger charge is 2.32. The lowest BCUT2D eigenvalue weighted by atomic mass is 10.0. The summed E-state index contributed by atoms with van der Waals surface area (Å²) < 4.78 is 0. The molecule has 0 saturated heterocycles. The normalized spacial score (nSPS) is 14.6. The van der Waals surface area contributed by atoms with E-state index in [1.54, 1.807) is 24.3 Å². The molecule has 0 saturated carbocycles. The van der Waals surface area contributed by atoms with E-state index in [2.05, 4.69) is 33.2 Å². The molecule has 0 fully saturated rings. The van der Waals surface area contributed by atoms with Crippen molar-refractivity contribution in [3.05, 3.63) is 47.5 Å². The fourth-order valence-corrected chi connectivity index (χ4v) is 5.33. The van der Waals surface area contributed by atoms with Gasteiger partial charge in [-0.3, -0.25) is 24.0 Å². The van der Waals surface area contributed by atoms with Crippen LogP contribution in [0.3, 0.4) is 0 Å². The molecular weight excluding hydrogens is 680 g/mol. The van der Waals surface area contributed by atoms with Crippen molar-refractivity contribution in [1.82, 2.24) is 26.6 Å². The van der Waals surface area contributed by atoms with Gasteiger partial charge in [-0.2, -0.15) is 0 Å². The summed E-state index contributed by atoms with van der Waals surface area (Å²) in [5.74, 6) is -4.56. The van der Waals surface area contributed by atoms with E-state index >= 15 is 0 Å². The van der Waals surface area contributed by atoms with Crippen LogP contribution >= 0.6 is 11.6 Å². The van der Waals surface area contributed by atoms with Crippen LogP contribution in [-0.4, -0.2) is 90.0 Å². The SMILES string of the molecule is C=CC[C@H](NC(=O)[C@H](CCCCN)NC(=O)[C@H](CCCCN)NC(=O)[C@H](C)N)C(=O)N[C@@H](Cc1cccc(Cl)c1)C(=O)N[C@@H](CC(C)C)C(=O)O. The van der Waals surface area contributed by atoms with E-state index in [-0.39, 0.29) is 38.0 Å². The zero-order chi connectivity index (χ0) is 38.5. The molecule has 0 aliphatic rings. The van der Waals surface area contributed by atoms with Crippen molar-refractivity contribution in [1.29, 1.82) is 0 Å². The van der Waals surface area contributed by atoms with Gasteiger partial charge in [-0.15, -0.1) is 6.58 Å². The van der Waals surface area contributed by atoms with E-state index in [1.807, 2.05) is 13.8 Å². The van der Waals surface area contributed by atoms with Crippen LogP contribution in [0.5, 0.6) is 0 Å². The molecule has 12 N–H and O–H groups in total. The maximum absolute atomic E-state index is 13.7. The lowest BCUT2D eigenvalue weighted by Crippen LogP contribution is -2.59. The topological polar surface area (TPSA) is 261 Å². The number of hydrogen-bond donors (Lipinski definition) is 9. The molecule has 0 bridgehead atoms. The second kappa shape index (κ2) is 24.2. The van der Waals surface area contributed by atoms with Gasteiger partial charge in [0, 0.05) is 11.4 Å². The number of aliphatic carboxylic acids is 1. The van der Waals surface area contributed by atoms with Gasteiger partial charge < -0.3 is 48.9 Å². The molecule has 0 unspecified atom stereocenters. The summed E-state index contributed by atoms with van der Waals surface area (Å²) in [6.07, 6.45) is 4.13. The molecule has 0 spiro atoms. The summed E-state index contributed by atoms with van der Waals surface area (Å²) in [7, 11) is 0.